The number of amides is 2. The molecule has 236 valence electrons. The quantitative estimate of drug-likeness (QED) is 0.173. The van der Waals surface area contributed by atoms with E-state index in [0.29, 0.717) is 29.7 Å². The molecule has 13 heteroatoms. The van der Waals surface area contributed by atoms with Crippen LogP contribution in [0.25, 0.3) is 0 Å². The Kier molecular flexibility index (Phi) is 9.62. The van der Waals surface area contributed by atoms with E-state index in [1.165, 1.54) is 9.80 Å². The first-order valence-corrected chi connectivity index (χ1v) is 15.8. The Labute approximate surface area is 258 Å². The van der Waals surface area contributed by atoms with Gasteiger partial charge in [0.25, 0.3) is 0 Å². The summed E-state index contributed by atoms with van der Waals surface area (Å²) in [5.41, 5.74) is 8.64. The average Bonchev–Trinajstić information content (AvgIpc) is 2.97. The van der Waals surface area contributed by atoms with Gasteiger partial charge in [0.2, 0.25) is 21.8 Å². The summed E-state index contributed by atoms with van der Waals surface area (Å²) >= 11 is 0. The van der Waals surface area contributed by atoms with E-state index in [2.05, 4.69) is 4.72 Å². The van der Waals surface area contributed by atoms with Gasteiger partial charge in [-0.1, -0.05) is 54.1 Å². The molecule has 2 aromatic rings. The van der Waals surface area contributed by atoms with Gasteiger partial charge in [0.1, 0.15) is 17.9 Å². The van der Waals surface area contributed by atoms with Gasteiger partial charge < -0.3 is 20.6 Å². The number of nitrogens with zero attached hydrogens (tertiary/aromatic N) is 3. The molecule has 0 radical (unpaired) electrons. The van der Waals surface area contributed by atoms with Gasteiger partial charge in [0, 0.05) is 32.7 Å². The van der Waals surface area contributed by atoms with Crippen molar-refractivity contribution in [2.75, 3.05) is 34.2 Å². The van der Waals surface area contributed by atoms with E-state index >= 15 is 0 Å². The van der Waals surface area contributed by atoms with Crippen LogP contribution >= 0.6 is 0 Å². The van der Waals surface area contributed by atoms with Crippen LogP contribution in [0.4, 0.5) is 0 Å². The fourth-order valence-corrected chi connectivity index (χ4v) is 8.00. The number of carbonyl (C=O) groups is 3. The molecule has 0 spiro atoms. The van der Waals surface area contributed by atoms with Crippen LogP contribution in [-0.2, 0) is 42.1 Å². The van der Waals surface area contributed by atoms with Gasteiger partial charge in [-0.05, 0) is 56.0 Å². The number of carboxylic acids is 1. The maximum atomic E-state index is 14.8. The largest absolute Gasteiger partial charge is 0.480 e. The van der Waals surface area contributed by atoms with E-state index in [0.717, 1.165) is 11.1 Å². The predicted octanol–water partition coefficient (Wildman–Crippen LogP) is 1.25. The molecule has 44 heavy (non-hydrogen) atoms. The van der Waals surface area contributed by atoms with E-state index in [1.54, 1.807) is 75.4 Å². The van der Waals surface area contributed by atoms with Crippen molar-refractivity contribution in [3.8, 4) is 0 Å². The second kappa shape index (κ2) is 12.9. The minimum atomic E-state index is -4.56. The van der Waals surface area contributed by atoms with Gasteiger partial charge in [0.05, 0.1) is 6.42 Å². The van der Waals surface area contributed by atoms with Crippen LogP contribution in [0.15, 0.2) is 60.2 Å². The number of hydrogen-bond donors (Lipinski definition) is 4. The zero-order valence-corrected chi connectivity index (χ0v) is 26.2. The smallest absolute Gasteiger partial charge is 0.326 e. The average molecular weight is 625 g/mol. The summed E-state index contributed by atoms with van der Waals surface area (Å²) in [6, 6.07) is 11.0. The maximum Gasteiger partial charge on any atom is 0.326 e. The molecule has 0 bridgehead atoms. The summed E-state index contributed by atoms with van der Waals surface area (Å²) in [5, 5.41) is 17.8. The molecular weight excluding hydrogens is 584 g/mol. The maximum absolute atomic E-state index is 14.8. The molecule has 2 aliphatic rings. The van der Waals surface area contributed by atoms with E-state index in [9.17, 15) is 27.9 Å². The number of fused-ring (bicyclic) bond motifs is 1. The number of carbonyl (C=O) groups excluding carboxylic acids is 2. The lowest BCUT2D eigenvalue weighted by Crippen LogP contribution is -2.63. The summed E-state index contributed by atoms with van der Waals surface area (Å²) in [5.74, 6) is -2.52. The molecule has 5 N–H and O–H groups in total. The minimum absolute atomic E-state index is 0.000338. The molecule has 2 amide bonds. The Bertz CT molecular complexity index is 1610. The summed E-state index contributed by atoms with van der Waals surface area (Å²) in [6.45, 7) is 2.13. The fraction of sp³-hybridized carbons (Fsp3) is 0.419. The van der Waals surface area contributed by atoms with Crippen molar-refractivity contribution in [2.45, 2.75) is 49.6 Å². The summed E-state index contributed by atoms with van der Waals surface area (Å²) in [6.07, 6.45) is 1.88. The van der Waals surface area contributed by atoms with E-state index in [1.807, 2.05) is 12.1 Å². The molecule has 2 aromatic carbocycles. The van der Waals surface area contributed by atoms with Crippen molar-refractivity contribution < 1.29 is 27.9 Å². The Balaban J connectivity index is 1.85. The van der Waals surface area contributed by atoms with E-state index in [-0.39, 0.29) is 25.2 Å². The first-order valence-electron chi connectivity index (χ1n) is 14.3. The molecule has 12 nitrogen and oxygen atoms in total. The molecule has 0 aromatic heterocycles. The lowest BCUT2D eigenvalue weighted by molar-refractivity contribution is -0.150. The highest BCUT2D eigenvalue weighted by Crippen LogP contribution is 2.42. The molecule has 3 atom stereocenters. The number of rotatable bonds is 10. The third kappa shape index (κ3) is 6.40. The van der Waals surface area contributed by atoms with Crippen molar-refractivity contribution >= 4 is 33.6 Å². The third-order valence-electron chi connectivity index (χ3n) is 8.48. The second-order valence-electron chi connectivity index (χ2n) is 11.7. The molecule has 1 unspecified atom stereocenters. The first-order chi connectivity index (χ1) is 20.7. The van der Waals surface area contributed by atoms with Crippen molar-refractivity contribution in [3.05, 3.63) is 82.4 Å². The van der Waals surface area contributed by atoms with Crippen LogP contribution in [0.5, 0.6) is 0 Å². The third-order valence-corrected chi connectivity index (χ3v) is 10.6. The van der Waals surface area contributed by atoms with Crippen LogP contribution < -0.4 is 10.5 Å². The number of hydrogen-bond acceptors (Lipinski definition) is 7. The van der Waals surface area contributed by atoms with Gasteiger partial charge in [-0.2, -0.15) is 0 Å². The zero-order valence-electron chi connectivity index (χ0n) is 25.4. The highest BCUT2D eigenvalue weighted by molar-refractivity contribution is 7.90. The summed E-state index contributed by atoms with van der Waals surface area (Å²) < 4.78 is 32.2. The van der Waals surface area contributed by atoms with Crippen molar-refractivity contribution in [1.82, 2.24) is 19.4 Å². The number of nitrogens with two attached hydrogens (primary N) is 1. The molecule has 2 heterocycles. The van der Waals surface area contributed by atoms with Crippen LogP contribution in [0.1, 0.15) is 42.0 Å². The monoisotopic (exact) mass is 624 g/mol. The number of nitrogen functional groups attached to an aromatic ring is 1. The second-order valence-corrected chi connectivity index (χ2v) is 13.6. The molecule has 0 fully saturated rings. The summed E-state index contributed by atoms with van der Waals surface area (Å²) in [4.78, 5) is 42.0. The number of carboxylic acid groups (broad SMARTS) is 1. The standard InChI is InChI=1S/C31H40N6O6S/c1-20-12-15-37(26(16-20)30(40)41)29(39)25(18-21-8-7-10-23(17-21)28(32)33)34-44(42,43)31(19-27(38)35(2)3)24-11-6-5-9-22(24)13-14-36(31)4/h5-12,17,25-26,34H,13-16,18-19H2,1-4H3,(H3,32,33)(H,40,41)/t25-,26?,31-/m0/s1. The molecule has 0 saturated heterocycles. The number of sulfonamides is 1. The molecular formula is C31H40N6O6S. The number of amidine groups is 1. The van der Waals surface area contributed by atoms with Gasteiger partial charge in [-0.3, -0.25) is 19.9 Å². The van der Waals surface area contributed by atoms with Gasteiger partial charge >= 0.3 is 5.97 Å². The molecule has 0 aliphatic carbocycles. The molecule has 2 aliphatic heterocycles. The Morgan fingerprint density at radius 2 is 1.89 bits per heavy atom. The van der Waals surface area contributed by atoms with Gasteiger partial charge in [-0.15, -0.1) is 0 Å². The van der Waals surface area contributed by atoms with Gasteiger partial charge in [-0.25, -0.2) is 17.9 Å². The topological polar surface area (TPSA) is 177 Å². The van der Waals surface area contributed by atoms with E-state index in [4.69, 9.17) is 11.1 Å². The zero-order chi connectivity index (χ0) is 32.4. The fourth-order valence-electron chi connectivity index (χ4n) is 5.94. The predicted molar refractivity (Wildman–Crippen MR) is 166 cm³/mol. The molecule has 0 saturated carbocycles. The van der Waals surface area contributed by atoms with Crippen molar-refractivity contribution in [3.63, 3.8) is 0 Å². The number of likely N-dealkylation sites (N-methyl/N-ethyl adjacent to an activating group) is 1. The number of nitrogens with one attached hydrogen (secondary N) is 2. The van der Waals surface area contributed by atoms with Crippen molar-refractivity contribution in [1.29, 1.82) is 5.41 Å². The summed E-state index contributed by atoms with van der Waals surface area (Å²) in [7, 11) is 0.185. The Morgan fingerprint density at radius 1 is 1.18 bits per heavy atom. The van der Waals surface area contributed by atoms with Crippen LogP contribution in [0.3, 0.4) is 0 Å². The normalized spacial score (nSPS) is 21.1. The van der Waals surface area contributed by atoms with Gasteiger partial charge in [0.15, 0.2) is 4.87 Å². The highest BCUT2D eigenvalue weighted by atomic mass is 32.2. The Morgan fingerprint density at radius 3 is 2.55 bits per heavy atom. The van der Waals surface area contributed by atoms with Crippen LogP contribution in [-0.4, -0.2) is 98.2 Å². The lowest BCUT2D eigenvalue weighted by atomic mass is 9.90. The first kappa shape index (κ1) is 32.8. The minimum Gasteiger partial charge on any atom is -0.480 e. The Hall–Kier alpha value is -4.07. The number of benzene rings is 2. The number of aliphatic carboxylic acids is 1. The van der Waals surface area contributed by atoms with Crippen LogP contribution in [0, 0.1) is 5.41 Å². The highest BCUT2D eigenvalue weighted by Gasteiger charge is 2.54. The lowest BCUT2D eigenvalue weighted by Gasteiger charge is -2.46. The van der Waals surface area contributed by atoms with Crippen LogP contribution in [0.2, 0.25) is 0 Å². The molecule has 4 rings (SSSR count). The van der Waals surface area contributed by atoms with E-state index < -0.39 is 51.2 Å². The van der Waals surface area contributed by atoms with Crippen molar-refractivity contribution in [2.24, 2.45) is 5.73 Å². The SMILES string of the molecule is CC1=CCN(C(=O)[C@H](Cc2cccc(C(=N)N)c2)NS(=O)(=O)[C@@]2(CC(=O)N(C)C)c3ccccc3CCN2C)C(C(=O)O)C1.